The van der Waals surface area contributed by atoms with Gasteiger partial charge < -0.3 is 0 Å². The largest absolute Gasteiger partial charge is 0.160 e. The van der Waals surface area contributed by atoms with Gasteiger partial charge in [0.1, 0.15) is 0 Å². The van der Waals surface area contributed by atoms with E-state index in [0.717, 1.165) is 44.7 Å². The summed E-state index contributed by atoms with van der Waals surface area (Å²) in [5, 5.41) is 4.03. The third-order valence-corrected chi connectivity index (χ3v) is 15.2. The summed E-state index contributed by atoms with van der Waals surface area (Å²) >= 11 is 9.61. The molecule has 0 aromatic carbocycles. The van der Waals surface area contributed by atoms with Crippen molar-refractivity contribution < 1.29 is 0 Å². The summed E-state index contributed by atoms with van der Waals surface area (Å²) in [7, 11) is 0. The first kappa shape index (κ1) is 21.3. The highest BCUT2D eigenvalue weighted by Gasteiger charge is 2.56. The van der Waals surface area contributed by atoms with E-state index in [1.807, 2.05) is 0 Å². The molecular formula is C24H40S4. The van der Waals surface area contributed by atoms with Crippen LogP contribution >= 0.6 is 47.0 Å². The minimum absolute atomic E-state index is 1.01. The molecular weight excluding hydrogens is 417 g/mol. The molecule has 160 valence electrons. The van der Waals surface area contributed by atoms with Crippen LogP contribution in [0.2, 0.25) is 0 Å². The maximum absolute atomic E-state index is 2.56. The zero-order valence-corrected chi connectivity index (χ0v) is 20.8. The normalized spacial score (nSPS) is 48.0. The fourth-order valence-corrected chi connectivity index (χ4v) is 14.4. The second-order valence-corrected chi connectivity index (χ2v) is 15.1. The van der Waals surface area contributed by atoms with Gasteiger partial charge in [-0.1, -0.05) is 51.4 Å². The first-order valence-electron chi connectivity index (χ1n) is 12.4. The minimum Gasteiger partial charge on any atom is -0.160 e. The van der Waals surface area contributed by atoms with E-state index in [2.05, 4.69) is 47.0 Å². The molecule has 5 rings (SSSR count). The van der Waals surface area contributed by atoms with Crippen LogP contribution in [0, 0.1) is 23.7 Å². The number of thioether (sulfide) groups is 4. The number of hydrogen-bond donors (Lipinski definition) is 0. The van der Waals surface area contributed by atoms with Crippen molar-refractivity contribution in [2.45, 2.75) is 98.0 Å². The van der Waals surface area contributed by atoms with Gasteiger partial charge in [0.15, 0.2) is 0 Å². The van der Waals surface area contributed by atoms with Gasteiger partial charge in [0, 0.05) is 44.0 Å². The molecule has 5 aliphatic rings. The zero-order valence-electron chi connectivity index (χ0n) is 17.6. The predicted octanol–water partition coefficient (Wildman–Crippen LogP) is 7.61. The molecule has 8 unspecified atom stereocenters. The average molecular weight is 457 g/mol. The van der Waals surface area contributed by atoms with Gasteiger partial charge in [0.25, 0.3) is 0 Å². The molecule has 4 heteroatoms. The summed E-state index contributed by atoms with van der Waals surface area (Å²) in [4.78, 5) is 0. The molecule has 1 aliphatic heterocycles. The Morgan fingerprint density at radius 1 is 0.393 bits per heavy atom. The van der Waals surface area contributed by atoms with Gasteiger partial charge in [-0.05, 0) is 49.4 Å². The molecule has 5 fully saturated rings. The minimum atomic E-state index is 1.01. The van der Waals surface area contributed by atoms with Crippen LogP contribution in [0.15, 0.2) is 0 Å². The van der Waals surface area contributed by atoms with Gasteiger partial charge in [0.2, 0.25) is 0 Å². The number of fused-ring (bicyclic) bond motifs is 8. The van der Waals surface area contributed by atoms with Crippen molar-refractivity contribution in [2.24, 2.45) is 23.7 Å². The van der Waals surface area contributed by atoms with Crippen molar-refractivity contribution in [3.05, 3.63) is 0 Å². The molecule has 4 aliphatic carbocycles. The Labute approximate surface area is 191 Å². The summed E-state index contributed by atoms with van der Waals surface area (Å²) in [5.74, 6) is 9.95. The maximum atomic E-state index is 2.56. The van der Waals surface area contributed by atoms with Crippen molar-refractivity contribution in [1.29, 1.82) is 0 Å². The summed E-state index contributed by atoms with van der Waals surface area (Å²) in [6.07, 6.45) is 18.4. The lowest BCUT2D eigenvalue weighted by molar-refractivity contribution is 0.141. The van der Waals surface area contributed by atoms with Crippen LogP contribution in [-0.4, -0.2) is 44.0 Å². The average Bonchev–Trinajstić information content (AvgIpc) is 2.65. The lowest BCUT2D eigenvalue weighted by atomic mass is 9.66. The van der Waals surface area contributed by atoms with Crippen molar-refractivity contribution in [2.75, 3.05) is 23.0 Å². The third-order valence-electron chi connectivity index (χ3n) is 8.48. The van der Waals surface area contributed by atoms with Crippen LogP contribution < -0.4 is 0 Å². The van der Waals surface area contributed by atoms with Gasteiger partial charge in [-0.3, -0.25) is 0 Å². The van der Waals surface area contributed by atoms with Gasteiger partial charge >= 0.3 is 0 Å². The lowest BCUT2D eigenvalue weighted by Gasteiger charge is -2.59. The van der Waals surface area contributed by atoms with Gasteiger partial charge in [-0.15, -0.1) is 0 Å². The Hall–Kier alpha value is 1.40. The molecule has 28 heavy (non-hydrogen) atoms. The molecule has 4 saturated carbocycles. The summed E-state index contributed by atoms with van der Waals surface area (Å²) in [5.41, 5.74) is 0. The van der Waals surface area contributed by atoms with Crippen LogP contribution in [-0.2, 0) is 0 Å². The Morgan fingerprint density at radius 3 is 1.21 bits per heavy atom. The smallest absolute Gasteiger partial charge is 0.0203 e. The second kappa shape index (κ2) is 10.3. The van der Waals surface area contributed by atoms with Crippen molar-refractivity contribution in [1.82, 2.24) is 0 Å². The third kappa shape index (κ3) is 4.46. The first-order valence-corrected chi connectivity index (χ1v) is 16.6. The highest BCUT2D eigenvalue weighted by molar-refractivity contribution is 8.07. The Bertz CT molecular complexity index is 455. The van der Waals surface area contributed by atoms with E-state index in [0.29, 0.717) is 0 Å². The van der Waals surface area contributed by atoms with Crippen LogP contribution in [0.25, 0.3) is 0 Å². The Balaban J connectivity index is 1.32. The summed E-state index contributed by atoms with van der Waals surface area (Å²) in [6.45, 7) is 0. The fourth-order valence-electron chi connectivity index (χ4n) is 6.96. The van der Waals surface area contributed by atoms with Crippen molar-refractivity contribution >= 4 is 47.0 Å². The van der Waals surface area contributed by atoms with E-state index in [9.17, 15) is 0 Å². The predicted molar refractivity (Wildman–Crippen MR) is 134 cm³/mol. The van der Waals surface area contributed by atoms with E-state index in [1.54, 1.807) is 25.7 Å². The fraction of sp³-hybridized carbons (Fsp3) is 1.00. The van der Waals surface area contributed by atoms with Crippen molar-refractivity contribution in [3.63, 3.8) is 0 Å². The highest BCUT2D eigenvalue weighted by Crippen LogP contribution is 2.61. The molecule has 0 bridgehead atoms. The van der Waals surface area contributed by atoms with E-state index in [-0.39, 0.29) is 0 Å². The van der Waals surface area contributed by atoms with E-state index in [1.165, 1.54) is 74.4 Å². The monoisotopic (exact) mass is 456 g/mol. The quantitative estimate of drug-likeness (QED) is 0.367. The molecule has 0 amide bonds. The van der Waals surface area contributed by atoms with Gasteiger partial charge in [0.05, 0.1) is 0 Å². The van der Waals surface area contributed by atoms with Gasteiger partial charge in [-0.2, -0.15) is 47.0 Å². The Morgan fingerprint density at radius 2 is 0.786 bits per heavy atom. The standard InChI is InChI=1S/C24H40S4/c1-3-7-11-19-17(9-5-1)21-23(19)28-24-20-12-8-4-2-6-10-18(20)22(24)27-16-14-25-13-15-26-21/h17-24H,1-16H2. The van der Waals surface area contributed by atoms with E-state index < -0.39 is 0 Å². The topological polar surface area (TPSA) is 0 Å². The highest BCUT2D eigenvalue weighted by atomic mass is 32.2. The Kier molecular flexibility index (Phi) is 7.85. The van der Waals surface area contributed by atoms with Crippen LogP contribution in [0.1, 0.15) is 77.0 Å². The molecule has 0 spiro atoms. The SMILES string of the molecule is C1CCCC2C(CC1)C1SCCSCCSC3C4CCCCCCC4C3SC21. The number of hydrogen-bond acceptors (Lipinski definition) is 4. The summed E-state index contributed by atoms with van der Waals surface area (Å²) < 4.78 is 0. The molecule has 8 atom stereocenters. The van der Waals surface area contributed by atoms with Crippen LogP contribution in [0.3, 0.4) is 0 Å². The maximum Gasteiger partial charge on any atom is 0.0203 e. The molecule has 0 aromatic rings. The number of rotatable bonds is 0. The lowest BCUT2D eigenvalue weighted by Crippen LogP contribution is -2.58. The molecule has 0 aromatic heterocycles. The van der Waals surface area contributed by atoms with Crippen molar-refractivity contribution in [3.8, 4) is 0 Å². The van der Waals surface area contributed by atoms with Crippen LogP contribution in [0.4, 0.5) is 0 Å². The van der Waals surface area contributed by atoms with Crippen LogP contribution in [0.5, 0.6) is 0 Å². The molecule has 1 saturated heterocycles. The van der Waals surface area contributed by atoms with Gasteiger partial charge in [-0.25, -0.2) is 0 Å². The second-order valence-electron chi connectivity index (χ2n) is 9.99. The zero-order chi connectivity index (χ0) is 18.8. The molecule has 0 N–H and O–H groups in total. The van der Waals surface area contributed by atoms with E-state index >= 15 is 0 Å². The molecule has 1 heterocycles. The van der Waals surface area contributed by atoms with E-state index in [4.69, 9.17) is 0 Å². The first-order chi connectivity index (χ1) is 13.9. The molecule has 0 nitrogen and oxygen atoms in total. The summed E-state index contributed by atoms with van der Waals surface area (Å²) in [6, 6.07) is 0. The molecule has 0 radical (unpaired) electrons.